The molecule has 0 fully saturated rings. The molecule has 1 amide bonds. The third-order valence-corrected chi connectivity index (χ3v) is 2.97. The number of nitrogens with two attached hydrogens (primary N) is 1. The Morgan fingerprint density at radius 3 is 2.74 bits per heavy atom. The van der Waals surface area contributed by atoms with Crippen LogP contribution in [0.2, 0.25) is 0 Å². The molecule has 5 heteroatoms. The molecule has 0 saturated carbocycles. The van der Waals surface area contributed by atoms with Gasteiger partial charge in [0.15, 0.2) is 0 Å². The minimum Gasteiger partial charge on any atom is -0.390 e. The molecule has 0 radical (unpaired) electrons. The molecular formula is C14H16N2O3. The molecule has 2 aromatic rings. The van der Waals surface area contributed by atoms with Crippen molar-refractivity contribution in [1.29, 1.82) is 0 Å². The zero-order chi connectivity index (χ0) is 14.0. The molecule has 0 aliphatic carbocycles. The number of pyridine rings is 1. The molecule has 0 bridgehead atoms. The van der Waals surface area contributed by atoms with E-state index in [2.05, 4.69) is 4.98 Å². The van der Waals surface area contributed by atoms with Gasteiger partial charge in [-0.3, -0.25) is 9.78 Å². The van der Waals surface area contributed by atoms with Crippen molar-refractivity contribution in [3.8, 4) is 0 Å². The lowest BCUT2D eigenvalue weighted by Crippen LogP contribution is -2.25. The summed E-state index contributed by atoms with van der Waals surface area (Å²) in [4.78, 5) is 15.1. The van der Waals surface area contributed by atoms with Gasteiger partial charge in [0.25, 0.3) is 0 Å². The van der Waals surface area contributed by atoms with Crippen LogP contribution in [0.1, 0.15) is 23.8 Å². The van der Waals surface area contributed by atoms with Crippen LogP contribution in [0.5, 0.6) is 0 Å². The van der Waals surface area contributed by atoms with E-state index in [4.69, 9.17) is 5.73 Å². The molecule has 19 heavy (non-hydrogen) atoms. The summed E-state index contributed by atoms with van der Waals surface area (Å²) in [5.41, 5.74) is 7.26. The molecule has 1 aromatic heterocycles. The Hall–Kier alpha value is -1.98. The van der Waals surface area contributed by atoms with E-state index < -0.39 is 18.1 Å². The van der Waals surface area contributed by atoms with Crippen LogP contribution in [0.4, 0.5) is 0 Å². The second kappa shape index (κ2) is 5.34. The van der Waals surface area contributed by atoms with Crippen LogP contribution in [-0.2, 0) is 4.79 Å². The number of primary amides is 1. The van der Waals surface area contributed by atoms with Crippen molar-refractivity contribution in [1.82, 2.24) is 4.98 Å². The summed E-state index contributed by atoms with van der Waals surface area (Å²) in [6.45, 7) is 1.90. The maximum Gasteiger partial charge on any atom is 0.220 e. The number of fused-ring (bicyclic) bond motifs is 1. The third-order valence-electron chi connectivity index (χ3n) is 2.97. The fourth-order valence-corrected chi connectivity index (χ4v) is 1.97. The molecule has 2 atom stereocenters. The lowest BCUT2D eigenvalue weighted by Gasteiger charge is -2.17. The summed E-state index contributed by atoms with van der Waals surface area (Å²) in [6.07, 6.45) is -2.61. The van der Waals surface area contributed by atoms with Crippen LogP contribution in [0.25, 0.3) is 10.9 Å². The number of rotatable bonds is 4. The lowest BCUT2D eigenvalue weighted by atomic mass is 10.00. The number of carbonyl (C=O) groups is 1. The highest BCUT2D eigenvalue weighted by atomic mass is 16.3. The fraction of sp³-hybridized carbons (Fsp3) is 0.286. The minimum absolute atomic E-state index is 0.272. The summed E-state index contributed by atoms with van der Waals surface area (Å²) in [5, 5.41) is 20.5. The lowest BCUT2D eigenvalue weighted by molar-refractivity contribution is -0.121. The molecule has 1 heterocycles. The Labute approximate surface area is 110 Å². The Bertz CT molecular complexity index is 613. The number of aryl methyl sites for hydroxylation is 1. The van der Waals surface area contributed by atoms with Crippen molar-refractivity contribution >= 4 is 16.8 Å². The number of carbonyl (C=O) groups excluding carboxylic acids is 1. The number of aliphatic hydroxyl groups is 2. The van der Waals surface area contributed by atoms with Crippen molar-refractivity contribution < 1.29 is 15.0 Å². The Morgan fingerprint density at radius 1 is 1.32 bits per heavy atom. The average Bonchev–Trinajstić information content (AvgIpc) is 2.36. The second-order valence-corrected chi connectivity index (χ2v) is 4.59. The summed E-state index contributed by atoms with van der Waals surface area (Å²) in [7, 11) is 0. The van der Waals surface area contributed by atoms with E-state index >= 15 is 0 Å². The Balaban J connectivity index is 2.30. The standard InChI is InChI=1S/C14H16N2O3/c1-8-2-3-9-6-10(4-5-11(9)16-8)14(19)12(17)7-13(15)18/h2-6,12,14,17,19H,7H2,1H3,(H2,15,18). The van der Waals surface area contributed by atoms with Gasteiger partial charge in [-0.25, -0.2) is 0 Å². The molecule has 5 nitrogen and oxygen atoms in total. The van der Waals surface area contributed by atoms with Gasteiger partial charge in [0.2, 0.25) is 5.91 Å². The fourth-order valence-electron chi connectivity index (χ4n) is 1.97. The van der Waals surface area contributed by atoms with Crippen LogP contribution in [0.15, 0.2) is 30.3 Å². The van der Waals surface area contributed by atoms with Gasteiger partial charge in [0, 0.05) is 11.1 Å². The molecule has 2 rings (SSSR count). The normalized spacial score (nSPS) is 14.3. The van der Waals surface area contributed by atoms with Crippen molar-refractivity contribution in [3.05, 3.63) is 41.6 Å². The van der Waals surface area contributed by atoms with Crippen LogP contribution in [0.3, 0.4) is 0 Å². The average molecular weight is 260 g/mol. The highest BCUT2D eigenvalue weighted by Gasteiger charge is 2.20. The first-order valence-corrected chi connectivity index (χ1v) is 5.99. The van der Waals surface area contributed by atoms with Crippen LogP contribution in [-0.4, -0.2) is 27.2 Å². The van der Waals surface area contributed by atoms with Crippen LogP contribution >= 0.6 is 0 Å². The van der Waals surface area contributed by atoms with Crippen molar-refractivity contribution in [2.75, 3.05) is 0 Å². The van der Waals surface area contributed by atoms with Crippen LogP contribution in [0, 0.1) is 6.92 Å². The summed E-state index contributed by atoms with van der Waals surface area (Å²) in [5.74, 6) is -0.648. The van der Waals surface area contributed by atoms with Crippen molar-refractivity contribution in [2.24, 2.45) is 5.73 Å². The van der Waals surface area contributed by atoms with E-state index in [0.29, 0.717) is 5.56 Å². The highest BCUT2D eigenvalue weighted by molar-refractivity contribution is 5.79. The van der Waals surface area contributed by atoms with Gasteiger partial charge in [-0.2, -0.15) is 0 Å². The predicted octanol–water partition coefficient (Wildman–Crippen LogP) is 0.813. The molecule has 0 spiro atoms. The molecule has 0 aliphatic rings. The zero-order valence-corrected chi connectivity index (χ0v) is 10.6. The Morgan fingerprint density at radius 2 is 2.05 bits per heavy atom. The zero-order valence-electron chi connectivity index (χ0n) is 10.6. The van der Waals surface area contributed by atoms with Crippen LogP contribution < -0.4 is 5.73 Å². The number of amides is 1. The number of hydrogen-bond acceptors (Lipinski definition) is 4. The maximum absolute atomic E-state index is 10.7. The molecule has 0 aliphatic heterocycles. The highest BCUT2D eigenvalue weighted by Crippen LogP contribution is 2.23. The number of benzene rings is 1. The van der Waals surface area contributed by atoms with Crippen molar-refractivity contribution in [3.63, 3.8) is 0 Å². The number of aliphatic hydroxyl groups excluding tert-OH is 2. The SMILES string of the molecule is Cc1ccc2cc(C(O)C(O)CC(N)=O)ccc2n1. The van der Waals surface area contributed by atoms with Gasteiger partial charge < -0.3 is 15.9 Å². The predicted molar refractivity (Wildman–Crippen MR) is 71.3 cm³/mol. The molecule has 4 N–H and O–H groups in total. The first-order chi connectivity index (χ1) is 8.97. The third kappa shape index (κ3) is 3.07. The van der Waals surface area contributed by atoms with E-state index in [0.717, 1.165) is 16.6 Å². The first-order valence-electron chi connectivity index (χ1n) is 5.99. The molecular weight excluding hydrogens is 244 g/mol. The molecule has 2 unspecified atom stereocenters. The quantitative estimate of drug-likeness (QED) is 0.758. The van der Waals surface area contributed by atoms with E-state index in [-0.39, 0.29) is 6.42 Å². The minimum atomic E-state index is -1.20. The van der Waals surface area contributed by atoms with Gasteiger partial charge in [-0.1, -0.05) is 12.1 Å². The number of aromatic nitrogens is 1. The van der Waals surface area contributed by atoms with Crippen molar-refractivity contribution in [2.45, 2.75) is 25.6 Å². The largest absolute Gasteiger partial charge is 0.390 e. The molecule has 1 aromatic carbocycles. The second-order valence-electron chi connectivity index (χ2n) is 4.59. The van der Waals surface area contributed by atoms with E-state index in [1.165, 1.54) is 0 Å². The topological polar surface area (TPSA) is 96.4 Å². The summed E-state index contributed by atoms with van der Waals surface area (Å²) in [6, 6.07) is 8.98. The van der Waals surface area contributed by atoms with Gasteiger partial charge in [-0.15, -0.1) is 0 Å². The summed E-state index contributed by atoms with van der Waals surface area (Å²) < 4.78 is 0. The number of hydrogen-bond donors (Lipinski definition) is 3. The maximum atomic E-state index is 10.7. The monoisotopic (exact) mass is 260 g/mol. The Kier molecular flexibility index (Phi) is 3.78. The molecule has 0 saturated heterocycles. The van der Waals surface area contributed by atoms with Gasteiger partial charge in [-0.05, 0) is 30.7 Å². The number of nitrogens with zero attached hydrogens (tertiary/aromatic N) is 1. The van der Waals surface area contributed by atoms with Gasteiger partial charge in [0.1, 0.15) is 6.10 Å². The van der Waals surface area contributed by atoms with E-state index in [1.807, 2.05) is 19.1 Å². The van der Waals surface area contributed by atoms with E-state index in [1.54, 1.807) is 18.2 Å². The first kappa shape index (κ1) is 13.5. The van der Waals surface area contributed by atoms with Gasteiger partial charge >= 0.3 is 0 Å². The smallest absolute Gasteiger partial charge is 0.220 e. The summed E-state index contributed by atoms with van der Waals surface area (Å²) >= 11 is 0. The molecule has 100 valence electrons. The van der Waals surface area contributed by atoms with Gasteiger partial charge in [0.05, 0.1) is 18.0 Å². The van der Waals surface area contributed by atoms with E-state index in [9.17, 15) is 15.0 Å².